The number of carbonyl (C=O) groups is 2. The maximum Gasteiger partial charge on any atom is 0.340 e. The van der Waals surface area contributed by atoms with E-state index in [0.29, 0.717) is 13.1 Å². The summed E-state index contributed by atoms with van der Waals surface area (Å²) >= 11 is 0. The fourth-order valence-electron chi connectivity index (χ4n) is 3.56. The van der Waals surface area contributed by atoms with Gasteiger partial charge in [-0.05, 0) is 52.7 Å². The first-order valence-electron chi connectivity index (χ1n) is 9.73. The molecule has 28 heavy (non-hydrogen) atoms. The van der Waals surface area contributed by atoms with Gasteiger partial charge in [-0.3, -0.25) is 4.79 Å². The predicted octanol–water partition coefficient (Wildman–Crippen LogP) is 2.66. The van der Waals surface area contributed by atoms with Crippen LogP contribution >= 0.6 is 0 Å². The molecule has 0 radical (unpaired) electrons. The summed E-state index contributed by atoms with van der Waals surface area (Å²) in [5.74, 6) is -1.12. The Labute approximate surface area is 167 Å². The van der Waals surface area contributed by atoms with Gasteiger partial charge in [0.05, 0.1) is 10.5 Å². The number of hydrogen-bond acceptors (Lipinski definition) is 5. The molecule has 0 N–H and O–H groups in total. The van der Waals surface area contributed by atoms with Crippen molar-refractivity contribution in [1.29, 1.82) is 0 Å². The van der Waals surface area contributed by atoms with Gasteiger partial charge in [0.1, 0.15) is 0 Å². The molecule has 1 saturated heterocycles. The molecule has 1 aliphatic heterocycles. The van der Waals surface area contributed by atoms with Gasteiger partial charge in [0.15, 0.2) is 6.61 Å². The molecule has 156 valence electrons. The van der Waals surface area contributed by atoms with E-state index in [1.165, 1.54) is 16.4 Å². The summed E-state index contributed by atoms with van der Waals surface area (Å²) in [6.45, 7) is 8.03. The van der Waals surface area contributed by atoms with Crippen molar-refractivity contribution in [3.8, 4) is 0 Å². The summed E-state index contributed by atoms with van der Waals surface area (Å²) in [6, 6.07) is 5.94. The average Bonchev–Trinajstić information content (AvgIpc) is 2.66. The normalized spacial score (nSPS) is 15.6. The number of hydrogen-bond donors (Lipinski definition) is 0. The van der Waals surface area contributed by atoms with Crippen LogP contribution in [0.15, 0.2) is 29.2 Å². The van der Waals surface area contributed by atoms with Crippen LogP contribution in [-0.4, -0.2) is 61.3 Å². The zero-order valence-electron chi connectivity index (χ0n) is 17.1. The van der Waals surface area contributed by atoms with E-state index in [9.17, 15) is 18.0 Å². The van der Waals surface area contributed by atoms with Gasteiger partial charge in [0, 0.05) is 25.2 Å². The second kappa shape index (κ2) is 9.52. The van der Waals surface area contributed by atoms with Gasteiger partial charge in [0.2, 0.25) is 10.0 Å². The molecule has 2 rings (SSSR count). The molecule has 0 aromatic heterocycles. The Morgan fingerprint density at radius 1 is 1.04 bits per heavy atom. The Bertz CT molecular complexity index is 791. The summed E-state index contributed by atoms with van der Waals surface area (Å²) in [5.41, 5.74) is -0.0403. The smallest absolute Gasteiger partial charge is 0.340 e. The minimum Gasteiger partial charge on any atom is -0.452 e. The molecule has 0 unspecified atom stereocenters. The van der Waals surface area contributed by atoms with Crippen molar-refractivity contribution in [1.82, 2.24) is 9.21 Å². The Morgan fingerprint density at radius 3 is 2.18 bits per heavy atom. The minimum absolute atomic E-state index is 0.0297. The van der Waals surface area contributed by atoms with E-state index < -0.39 is 22.6 Å². The molecule has 1 amide bonds. The number of benzene rings is 1. The third-order valence-corrected chi connectivity index (χ3v) is 6.72. The number of ether oxygens (including phenoxy) is 1. The third kappa shape index (κ3) is 5.11. The summed E-state index contributed by atoms with van der Waals surface area (Å²) in [4.78, 5) is 26.6. The average molecular weight is 411 g/mol. The van der Waals surface area contributed by atoms with E-state index in [1.807, 2.05) is 27.7 Å². The van der Waals surface area contributed by atoms with Crippen LogP contribution in [-0.2, 0) is 19.6 Å². The Kier molecular flexibility index (Phi) is 7.60. The van der Waals surface area contributed by atoms with Crippen LogP contribution in [0.5, 0.6) is 0 Å². The molecule has 1 heterocycles. The highest BCUT2D eigenvalue weighted by atomic mass is 32.2. The van der Waals surface area contributed by atoms with Crippen LogP contribution in [0, 0.1) is 0 Å². The second-order valence-electron chi connectivity index (χ2n) is 7.53. The van der Waals surface area contributed by atoms with Gasteiger partial charge < -0.3 is 9.64 Å². The first-order valence-corrected chi connectivity index (χ1v) is 11.2. The number of amides is 1. The first-order chi connectivity index (χ1) is 13.2. The highest BCUT2D eigenvalue weighted by Crippen LogP contribution is 2.24. The Morgan fingerprint density at radius 2 is 1.61 bits per heavy atom. The molecule has 1 aromatic carbocycles. The molecule has 0 atom stereocenters. The maximum absolute atomic E-state index is 13.0. The van der Waals surface area contributed by atoms with Crippen LogP contribution in [0.4, 0.5) is 0 Å². The number of carbonyl (C=O) groups excluding carboxylic acids is 2. The first kappa shape index (κ1) is 22.4. The van der Waals surface area contributed by atoms with E-state index in [0.717, 1.165) is 19.3 Å². The van der Waals surface area contributed by atoms with E-state index in [1.54, 1.807) is 17.0 Å². The van der Waals surface area contributed by atoms with Gasteiger partial charge in [-0.1, -0.05) is 18.6 Å². The van der Waals surface area contributed by atoms with Gasteiger partial charge in [-0.25, -0.2) is 13.2 Å². The standard InChI is InChI=1S/C20H30N2O5S/c1-15(2)22(16(3)4)19(23)14-27-20(24)17-10-6-7-11-18(17)28(25,26)21-12-8-5-9-13-21/h6-7,10-11,15-16H,5,8-9,12-14H2,1-4H3. The van der Waals surface area contributed by atoms with Crippen molar-refractivity contribution in [2.24, 2.45) is 0 Å². The SMILES string of the molecule is CC(C)N(C(=O)COC(=O)c1ccccc1S(=O)(=O)N1CCCCC1)C(C)C. The van der Waals surface area contributed by atoms with Crippen LogP contribution < -0.4 is 0 Å². The highest BCUT2D eigenvalue weighted by Gasteiger charge is 2.30. The molecule has 0 spiro atoms. The van der Waals surface area contributed by atoms with E-state index in [4.69, 9.17) is 4.74 Å². The molecular weight excluding hydrogens is 380 g/mol. The summed E-state index contributed by atoms with van der Waals surface area (Å²) in [6.07, 6.45) is 2.61. The molecule has 0 aliphatic carbocycles. The predicted molar refractivity (Wildman–Crippen MR) is 106 cm³/mol. The number of rotatable bonds is 7. The van der Waals surface area contributed by atoms with Crippen LogP contribution in [0.1, 0.15) is 57.3 Å². The molecule has 1 fully saturated rings. The molecule has 8 heteroatoms. The molecule has 7 nitrogen and oxygen atoms in total. The van der Waals surface area contributed by atoms with Crippen molar-refractivity contribution < 1.29 is 22.7 Å². The molecule has 0 bridgehead atoms. The van der Waals surface area contributed by atoms with E-state index >= 15 is 0 Å². The van der Waals surface area contributed by atoms with Gasteiger partial charge in [-0.2, -0.15) is 4.31 Å². The lowest BCUT2D eigenvalue weighted by molar-refractivity contribution is -0.138. The quantitative estimate of drug-likeness (QED) is 0.645. The molecule has 1 aliphatic rings. The zero-order valence-corrected chi connectivity index (χ0v) is 17.9. The summed E-state index contributed by atoms with van der Waals surface area (Å²) in [7, 11) is -3.78. The second-order valence-corrected chi connectivity index (χ2v) is 9.43. The highest BCUT2D eigenvalue weighted by molar-refractivity contribution is 7.89. The number of esters is 1. The number of nitrogens with zero attached hydrogens (tertiary/aromatic N) is 2. The van der Waals surface area contributed by atoms with Crippen molar-refractivity contribution >= 4 is 21.9 Å². The summed E-state index contributed by atoms with van der Waals surface area (Å²) in [5, 5.41) is 0. The van der Waals surface area contributed by atoms with Crippen LogP contribution in [0.25, 0.3) is 0 Å². The topological polar surface area (TPSA) is 84.0 Å². The van der Waals surface area contributed by atoms with Crippen molar-refractivity contribution in [3.05, 3.63) is 29.8 Å². The Hall–Kier alpha value is -1.93. The van der Waals surface area contributed by atoms with Crippen molar-refractivity contribution in [3.63, 3.8) is 0 Å². The van der Waals surface area contributed by atoms with Gasteiger partial charge >= 0.3 is 5.97 Å². The van der Waals surface area contributed by atoms with Crippen LogP contribution in [0.3, 0.4) is 0 Å². The molecule has 1 aromatic rings. The van der Waals surface area contributed by atoms with Crippen LogP contribution in [0.2, 0.25) is 0 Å². The number of piperidine rings is 1. The largest absolute Gasteiger partial charge is 0.452 e. The lowest BCUT2D eigenvalue weighted by Gasteiger charge is -2.30. The summed E-state index contributed by atoms with van der Waals surface area (Å²) < 4.78 is 32.6. The van der Waals surface area contributed by atoms with Gasteiger partial charge in [0.25, 0.3) is 5.91 Å². The van der Waals surface area contributed by atoms with Crippen molar-refractivity contribution in [2.75, 3.05) is 19.7 Å². The van der Waals surface area contributed by atoms with E-state index in [2.05, 4.69) is 0 Å². The Balaban J connectivity index is 2.18. The van der Waals surface area contributed by atoms with E-state index in [-0.39, 0.29) is 28.4 Å². The maximum atomic E-state index is 13.0. The minimum atomic E-state index is -3.78. The molecular formula is C20H30N2O5S. The molecule has 0 saturated carbocycles. The lowest BCUT2D eigenvalue weighted by Crippen LogP contribution is -2.44. The third-order valence-electron chi connectivity index (χ3n) is 4.77. The fraction of sp³-hybridized carbons (Fsp3) is 0.600. The lowest BCUT2D eigenvalue weighted by atomic mass is 10.2. The monoisotopic (exact) mass is 410 g/mol. The van der Waals surface area contributed by atoms with Crippen molar-refractivity contribution in [2.45, 2.75) is 63.9 Å². The zero-order chi connectivity index (χ0) is 20.9. The number of sulfonamides is 1. The van der Waals surface area contributed by atoms with Gasteiger partial charge in [-0.15, -0.1) is 0 Å². The fourth-order valence-corrected chi connectivity index (χ4v) is 5.25.